The Bertz CT molecular complexity index is 426. The zero-order valence-corrected chi connectivity index (χ0v) is 10.3. The molecular weight excluding hydrogens is 218 g/mol. The normalized spacial score (nSPS) is 17.1. The lowest BCUT2D eigenvalue weighted by Gasteiger charge is -2.14. The van der Waals surface area contributed by atoms with Gasteiger partial charge in [0.15, 0.2) is 0 Å². The van der Waals surface area contributed by atoms with E-state index in [4.69, 9.17) is 4.74 Å². The predicted molar refractivity (Wildman–Crippen MR) is 64.7 cm³/mol. The van der Waals surface area contributed by atoms with Crippen molar-refractivity contribution >= 4 is 0 Å². The Morgan fingerprint density at radius 2 is 2.41 bits per heavy atom. The molecule has 1 aromatic rings. The van der Waals surface area contributed by atoms with Crippen molar-refractivity contribution < 1.29 is 4.74 Å². The summed E-state index contributed by atoms with van der Waals surface area (Å²) in [5.74, 6) is 1.17. The number of rotatable bonds is 6. The van der Waals surface area contributed by atoms with Crippen molar-refractivity contribution in [3.63, 3.8) is 0 Å². The van der Waals surface area contributed by atoms with Gasteiger partial charge >= 0.3 is 0 Å². The van der Waals surface area contributed by atoms with Gasteiger partial charge in [-0.25, -0.2) is 4.98 Å². The molecule has 17 heavy (non-hydrogen) atoms. The molecule has 1 aliphatic rings. The van der Waals surface area contributed by atoms with Crippen LogP contribution in [-0.2, 0) is 11.3 Å². The highest BCUT2D eigenvalue weighted by Gasteiger charge is 2.34. The Morgan fingerprint density at radius 3 is 3.00 bits per heavy atom. The molecule has 94 valence electrons. The van der Waals surface area contributed by atoms with Crippen LogP contribution in [0.2, 0.25) is 0 Å². The minimum atomic E-state index is -0.106. The van der Waals surface area contributed by atoms with Crippen molar-refractivity contribution in [2.45, 2.75) is 32.4 Å². The number of methoxy groups -OCH3 is 1. The molecule has 2 rings (SSSR count). The third kappa shape index (κ3) is 3.14. The SMILES string of the molecule is CCNCc1cc(=O)[nH]c(C(OC)C2CC2)n1. The van der Waals surface area contributed by atoms with Gasteiger partial charge in [-0.2, -0.15) is 0 Å². The maximum atomic E-state index is 11.6. The van der Waals surface area contributed by atoms with E-state index in [9.17, 15) is 4.79 Å². The number of hydrogen-bond acceptors (Lipinski definition) is 4. The van der Waals surface area contributed by atoms with E-state index in [2.05, 4.69) is 15.3 Å². The van der Waals surface area contributed by atoms with Gasteiger partial charge in [0.2, 0.25) is 0 Å². The third-order valence-electron chi connectivity index (χ3n) is 2.94. The average molecular weight is 237 g/mol. The first-order valence-electron chi connectivity index (χ1n) is 6.08. The van der Waals surface area contributed by atoms with Crippen LogP contribution in [0.4, 0.5) is 0 Å². The molecule has 0 spiro atoms. The van der Waals surface area contributed by atoms with Crippen LogP contribution in [0.3, 0.4) is 0 Å². The van der Waals surface area contributed by atoms with Gasteiger partial charge in [-0.05, 0) is 25.3 Å². The van der Waals surface area contributed by atoms with Gasteiger partial charge in [0, 0.05) is 19.7 Å². The lowest BCUT2D eigenvalue weighted by Crippen LogP contribution is -2.21. The van der Waals surface area contributed by atoms with E-state index in [-0.39, 0.29) is 11.7 Å². The number of hydrogen-bond donors (Lipinski definition) is 2. The van der Waals surface area contributed by atoms with Crippen molar-refractivity contribution in [2.75, 3.05) is 13.7 Å². The Labute approximate surface area is 101 Å². The molecule has 0 aliphatic heterocycles. The summed E-state index contributed by atoms with van der Waals surface area (Å²) in [5.41, 5.74) is 0.666. The lowest BCUT2D eigenvalue weighted by atomic mass is 10.2. The van der Waals surface area contributed by atoms with Crippen molar-refractivity contribution in [3.05, 3.63) is 27.9 Å². The van der Waals surface area contributed by atoms with Crippen molar-refractivity contribution in [1.82, 2.24) is 15.3 Å². The number of H-pyrrole nitrogens is 1. The quantitative estimate of drug-likeness (QED) is 0.774. The Kier molecular flexibility index (Phi) is 3.91. The summed E-state index contributed by atoms with van der Waals surface area (Å²) in [7, 11) is 1.67. The van der Waals surface area contributed by atoms with E-state index in [1.54, 1.807) is 7.11 Å². The van der Waals surface area contributed by atoms with Gasteiger partial charge in [-0.3, -0.25) is 4.79 Å². The topological polar surface area (TPSA) is 67.0 Å². The molecule has 2 N–H and O–H groups in total. The zero-order chi connectivity index (χ0) is 12.3. The van der Waals surface area contributed by atoms with Gasteiger partial charge in [-0.15, -0.1) is 0 Å². The highest BCUT2D eigenvalue weighted by atomic mass is 16.5. The van der Waals surface area contributed by atoms with Gasteiger partial charge in [-0.1, -0.05) is 6.92 Å². The maximum Gasteiger partial charge on any atom is 0.251 e. The molecule has 0 saturated heterocycles. The number of aromatic nitrogens is 2. The van der Waals surface area contributed by atoms with E-state index in [1.807, 2.05) is 6.92 Å². The summed E-state index contributed by atoms with van der Waals surface area (Å²) in [6.45, 7) is 3.50. The highest BCUT2D eigenvalue weighted by Crippen LogP contribution is 2.41. The van der Waals surface area contributed by atoms with Crippen LogP contribution in [0, 0.1) is 5.92 Å². The summed E-state index contributed by atoms with van der Waals surface area (Å²) in [4.78, 5) is 18.8. The van der Waals surface area contributed by atoms with Crippen LogP contribution in [-0.4, -0.2) is 23.6 Å². The van der Waals surface area contributed by atoms with Crippen molar-refractivity contribution in [2.24, 2.45) is 5.92 Å². The van der Waals surface area contributed by atoms with E-state index in [0.29, 0.717) is 18.3 Å². The first kappa shape index (κ1) is 12.3. The Hall–Kier alpha value is -1.20. The smallest absolute Gasteiger partial charge is 0.251 e. The van der Waals surface area contributed by atoms with Gasteiger partial charge < -0.3 is 15.0 Å². The standard InChI is InChI=1S/C12H19N3O2/c1-3-13-7-9-6-10(16)15-12(14-9)11(17-2)8-4-5-8/h6,8,11,13H,3-5,7H2,1-2H3,(H,14,15,16). The molecule has 1 heterocycles. The summed E-state index contributed by atoms with van der Waals surface area (Å²) in [5, 5.41) is 3.16. The first-order chi connectivity index (χ1) is 8.24. The molecular formula is C12H19N3O2. The number of ether oxygens (including phenoxy) is 1. The average Bonchev–Trinajstić information content (AvgIpc) is 3.11. The summed E-state index contributed by atoms with van der Waals surface area (Å²) >= 11 is 0. The maximum absolute atomic E-state index is 11.6. The van der Waals surface area contributed by atoms with Crippen molar-refractivity contribution in [3.8, 4) is 0 Å². The fourth-order valence-electron chi connectivity index (χ4n) is 1.93. The van der Waals surface area contributed by atoms with Crippen LogP contribution in [0.1, 0.15) is 37.4 Å². The molecule has 1 fully saturated rings. The Morgan fingerprint density at radius 1 is 1.65 bits per heavy atom. The predicted octanol–water partition coefficient (Wildman–Crippen LogP) is 0.977. The van der Waals surface area contributed by atoms with Gasteiger partial charge in [0.1, 0.15) is 11.9 Å². The number of nitrogens with zero attached hydrogens (tertiary/aromatic N) is 1. The molecule has 1 unspecified atom stereocenters. The molecule has 0 amide bonds. The minimum Gasteiger partial charge on any atom is -0.373 e. The van der Waals surface area contributed by atoms with Crippen LogP contribution < -0.4 is 10.9 Å². The molecule has 0 aromatic carbocycles. The Balaban J connectivity index is 2.20. The molecule has 1 aromatic heterocycles. The van der Waals surface area contributed by atoms with E-state index >= 15 is 0 Å². The molecule has 5 heteroatoms. The first-order valence-corrected chi connectivity index (χ1v) is 6.08. The minimum absolute atomic E-state index is 0.0655. The molecule has 1 saturated carbocycles. The second kappa shape index (κ2) is 5.42. The molecule has 0 bridgehead atoms. The molecule has 1 aliphatic carbocycles. The fourth-order valence-corrected chi connectivity index (χ4v) is 1.93. The zero-order valence-electron chi connectivity index (χ0n) is 10.3. The summed E-state index contributed by atoms with van der Waals surface area (Å²) < 4.78 is 5.42. The largest absolute Gasteiger partial charge is 0.373 e. The monoisotopic (exact) mass is 237 g/mol. The van der Waals surface area contributed by atoms with Gasteiger partial charge in [0.25, 0.3) is 5.56 Å². The van der Waals surface area contributed by atoms with E-state index < -0.39 is 0 Å². The molecule has 1 atom stereocenters. The second-order valence-electron chi connectivity index (χ2n) is 4.40. The second-order valence-corrected chi connectivity index (χ2v) is 4.40. The summed E-state index contributed by atoms with van der Waals surface area (Å²) in [6.07, 6.45) is 2.24. The van der Waals surface area contributed by atoms with Crippen LogP contribution in [0.15, 0.2) is 10.9 Å². The van der Waals surface area contributed by atoms with Gasteiger partial charge in [0.05, 0.1) is 5.69 Å². The lowest BCUT2D eigenvalue weighted by molar-refractivity contribution is 0.0767. The van der Waals surface area contributed by atoms with Crippen molar-refractivity contribution in [1.29, 1.82) is 0 Å². The van der Waals surface area contributed by atoms with Crippen LogP contribution in [0.25, 0.3) is 0 Å². The number of aromatic amines is 1. The van der Waals surface area contributed by atoms with E-state index in [0.717, 1.165) is 25.1 Å². The molecule has 0 radical (unpaired) electrons. The number of nitrogens with one attached hydrogen (secondary N) is 2. The highest BCUT2D eigenvalue weighted by molar-refractivity contribution is 5.06. The van der Waals surface area contributed by atoms with Crippen LogP contribution in [0.5, 0.6) is 0 Å². The van der Waals surface area contributed by atoms with Crippen LogP contribution >= 0.6 is 0 Å². The molecule has 5 nitrogen and oxygen atoms in total. The van der Waals surface area contributed by atoms with E-state index in [1.165, 1.54) is 6.07 Å². The third-order valence-corrected chi connectivity index (χ3v) is 2.94. The fraction of sp³-hybridized carbons (Fsp3) is 0.667. The summed E-state index contributed by atoms with van der Waals surface area (Å²) in [6, 6.07) is 1.53.